The first-order valence-electron chi connectivity index (χ1n) is 7.82. The van der Waals surface area contributed by atoms with E-state index >= 15 is 0 Å². The molecule has 1 saturated carbocycles. The summed E-state index contributed by atoms with van der Waals surface area (Å²) in [5.41, 5.74) is 0.493. The first kappa shape index (κ1) is 16.0. The van der Waals surface area contributed by atoms with Gasteiger partial charge in [-0.2, -0.15) is 0 Å². The molecule has 18 heavy (non-hydrogen) atoms. The van der Waals surface area contributed by atoms with Crippen molar-refractivity contribution in [2.24, 2.45) is 17.3 Å². The second-order valence-corrected chi connectivity index (χ2v) is 7.35. The third-order valence-electron chi connectivity index (χ3n) is 4.25. The first-order chi connectivity index (χ1) is 8.35. The van der Waals surface area contributed by atoms with Crippen molar-refractivity contribution in [3.63, 3.8) is 0 Å². The average molecular weight is 254 g/mol. The van der Waals surface area contributed by atoms with E-state index in [4.69, 9.17) is 0 Å². The molecular weight excluding hydrogens is 220 g/mol. The summed E-state index contributed by atoms with van der Waals surface area (Å²) in [5.74, 6) is 1.60. The third kappa shape index (κ3) is 4.89. The zero-order valence-electron chi connectivity index (χ0n) is 13.3. The van der Waals surface area contributed by atoms with Gasteiger partial charge < -0.3 is 10.6 Å². The SMILES string of the molecule is CCCNCC1C(C)CC(C)(C)CC1NC(C)C. The third-order valence-corrected chi connectivity index (χ3v) is 4.25. The van der Waals surface area contributed by atoms with Crippen LogP contribution in [-0.4, -0.2) is 25.2 Å². The Morgan fingerprint density at radius 2 is 1.89 bits per heavy atom. The van der Waals surface area contributed by atoms with Crippen molar-refractivity contribution >= 4 is 0 Å². The predicted molar refractivity (Wildman–Crippen MR) is 80.9 cm³/mol. The Hall–Kier alpha value is -0.0800. The van der Waals surface area contributed by atoms with Crippen LogP contribution in [0.15, 0.2) is 0 Å². The van der Waals surface area contributed by atoms with E-state index in [1.165, 1.54) is 25.8 Å². The molecule has 2 N–H and O–H groups in total. The molecule has 1 rings (SSSR count). The van der Waals surface area contributed by atoms with Crippen molar-refractivity contribution in [3.8, 4) is 0 Å². The highest BCUT2D eigenvalue weighted by Crippen LogP contribution is 2.41. The Labute approximate surface area is 114 Å². The fraction of sp³-hybridized carbons (Fsp3) is 1.00. The molecule has 0 aromatic carbocycles. The molecule has 3 atom stereocenters. The van der Waals surface area contributed by atoms with Gasteiger partial charge in [0.1, 0.15) is 0 Å². The van der Waals surface area contributed by atoms with Crippen molar-refractivity contribution < 1.29 is 0 Å². The molecule has 0 radical (unpaired) electrons. The normalized spacial score (nSPS) is 31.8. The minimum Gasteiger partial charge on any atom is -0.316 e. The van der Waals surface area contributed by atoms with Gasteiger partial charge in [0, 0.05) is 12.1 Å². The molecule has 108 valence electrons. The summed E-state index contributed by atoms with van der Waals surface area (Å²) in [5, 5.41) is 7.43. The predicted octanol–water partition coefficient (Wildman–Crippen LogP) is 3.42. The van der Waals surface area contributed by atoms with E-state index in [0.717, 1.165) is 18.4 Å². The number of rotatable bonds is 6. The molecule has 0 aromatic rings. The molecule has 0 aliphatic heterocycles. The van der Waals surface area contributed by atoms with Gasteiger partial charge in [0.05, 0.1) is 0 Å². The summed E-state index contributed by atoms with van der Waals surface area (Å²) in [7, 11) is 0. The second kappa shape index (κ2) is 6.91. The van der Waals surface area contributed by atoms with Crippen LogP contribution in [0.3, 0.4) is 0 Å². The van der Waals surface area contributed by atoms with Crippen LogP contribution in [0.4, 0.5) is 0 Å². The standard InChI is InChI=1S/C16H34N2/c1-7-8-17-11-14-13(4)9-16(5,6)10-15(14)18-12(2)3/h12-15,17-18H,7-11H2,1-6H3. The second-order valence-electron chi connectivity index (χ2n) is 7.35. The molecule has 2 nitrogen and oxygen atoms in total. The molecule has 1 aliphatic rings. The van der Waals surface area contributed by atoms with Crippen LogP contribution in [0.5, 0.6) is 0 Å². The summed E-state index contributed by atoms with van der Waals surface area (Å²) in [6.45, 7) is 16.4. The number of hydrogen-bond acceptors (Lipinski definition) is 2. The smallest absolute Gasteiger partial charge is 0.0117 e. The minimum atomic E-state index is 0.493. The first-order valence-corrected chi connectivity index (χ1v) is 7.82. The summed E-state index contributed by atoms with van der Waals surface area (Å²) < 4.78 is 0. The monoisotopic (exact) mass is 254 g/mol. The van der Waals surface area contributed by atoms with E-state index in [9.17, 15) is 0 Å². The maximum Gasteiger partial charge on any atom is 0.0117 e. The maximum absolute atomic E-state index is 3.80. The fourth-order valence-corrected chi connectivity index (χ4v) is 3.65. The minimum absolute atomic E-state index is 0.493. The Kier molecular flexibility index (Phi) is 6.13. The quantitative estimate of drug-likeness (QED) is 0.710. The van der Waals surface area contributed by atoms with Crippen LogP contribution >= 0.6 is 0 Å². The van der Waals surface area contributed by atoms with E-state index in [2.05, 4.69) is 52.2 Å². The zero-order valence-corrected chi connectivity index (χ0v) is 13.3. The lowest BCUT2D eigenvalue weighted by molar-refractivity contribution is 0.0823. The van der Waals surface area contributed by atoms with E-state index < -0.39 is 0 Å². The van der Waals surface area contributed by atoms with Crippen LogP contribution in [0.2, 0.25) is 0 Å². The van der Waals surface area contributed by atoms with E-state index in [0.29, 0.717) is 17.5 Å². The summed E-state index contributed by atoms with van der Waals surface area (Å²) in [6, 6.07) is 1.26. The lowest BCUT2D eigenvalue weighted by Gasteiger charge is -2.46. The van der Waals surface area contributed by atoms with Crippen LogP contribution < -0.4 is 10.6 Å². The molecule has 0 amide bonds. The number of hydrogen-bond donors (Lipinski definition) is 2. The van der Waals surface area contributed by atoms with Gasteiger partial charge in [0.2, 0.25) is 0 Å². The van der Waals surface area contributed by atoms with Crippen molar-refractivity contribution in [1.29, 1.82) is 0 Å². The van der Waals surface area contributed by atoms with Gasteiger partial charge >= 0.3 is 0 Å². The van der Waals surface area contributed by atoms with Gasteiger partial charge in [0.15, 0.2) is 0 Å². The average Bonchev–Trinajstić information content (AvgIpc) is 2.19. The van der Waals surface area contributed by atoms with Gasteiger partial charge in [-0.15, -0.1) is 0 Å². The van der Waals surface area contributed by atoms with Crippen LogP contribution in [0, 0.1) is 17.3 Å². The number of nitrogens with one attached hydrogen (secondary N) is 2. The van der Waals surface area contributed by atoms with Gasteiger partial charge in [0.25, 0.3) is 0 Å². The van der Waals surface area contributed by atoms with Crippen LogP contribution in [-0.2, 0) is 0 Å². The Bertz CT molecular complexity index is 235. The van der Waals surface area contributed by atoms with Crippen LogP contribution in [0.25, 0.3) is 0 Å². The van der Waals surface area contributed by atoms with Crippen molar-refractivity contribution in [3.05, 3.63) is 0 Å². The van der Waals surface area contributed by atoms with Gasteiger partial charge in [-0.05, 0) is 49.6 Å². The van der Waals surface area contributed by atoms with Gasteiger partial charge in [-0.25, -0.2) is 0 Å². The molecule has 0 saturated heterocycles. The van der Waals surface area contributed by atoms with E-state index in [-0.39, 0.29) is 0 Å². The largest absolute Gasteiger partial charge is 0.316 e. The molecule has 0 spiro atoms. The molecule has 0 bridgehead atoms. The molecular formula is C16H34N2. The Morgan fingerprint density at radius 1 is 1.22 bits per heavy atom. The fourth-order valence-electron chi connectivity index (χ4n) is 3.65. The topological polar surface area (TPSA) is 24.1 Å². The Morgan fingerprint density at radius 3 is 2.44 bits per heavy atom. The maximum atomic E-state index is 3.80. The Balaban J connectivity index is 2.63. The molecule has 0 heterocycles. The van der Waals surface area contributed by atoms with E-state index in [1.54, 1.807) is 0 Å². The molecule has 1 aliphatic carbocycles. The molecule has 2 heteroatoms. The summed E-state index contributed by atoms with van der Waals surface area (Å²) in [6.07, 6.45) is 3.91. The van der Waals surface area contributed by atoms with Crippen LogP contribution in [0.1, 0.15) is 60.8 Å². The lowest BCUT2D eigenvalue weighted by Crippen LogP contribution is -2.52. The summed E-state index contributed by atoms with van der Waals surface area (Å²) in [4.78, 5) is 0. The lowest BCUT2D eigenvalue weighted by atomic mass is 9.65. The van der Waals surface area contributed by atoms with Gasteiger partial charge in [-0.3, -0.25) is 0 Å². The van der Waals surface area contributed by atoms with Gasteiger partial charge in [-0.1, -0.05) is 41.5 Å². The highest BCUT2D eigenvalue weighted by Gasteiger charge is 2.39. The van der Waals surface area contributed by atoms with Crippen molar-refractivity contribution in [2.75, 3.05) is 13.1 Å². The molecule has 0 aromatic heterocycles. The van der Waals surface area contributed by atoms with E-state index in [1.807, 2.05) is 0 Å². The zero-order chi connectivity index (χ0) is 13.8. The van der Waals surface area contributed by atoms with Crippen molar-refractivity contribution in [2.45, 2.75) is 72.9 Å². The molecule has 1 fully saturated rings. The summed E-state index contributed by atoms with van der Waals surface area (Å²) >= 11 is 0. The van der Waals surface area contributed by atoms with Crippen molar-refractivity contribution in [1.82, 2.24) is 10.6 Å². The highest BCUT2D eigenvalue weighted by atomic mass is 15.0. The molecule has 3 unspecified atom stereocenters. The highest BCUT2D eigenvalue weighted by molar-refractivity contribution is 4.94.